The Balaban J connectivity index is 2.16. The lowest BCUT2D eigenvalue weighted by Crippen LogP contribution is -2.16. The van der Waals surface area contributed by atoms with Crippen LogP contribution in [0.4, 0.5) is 18.9 Å². The van der Waals surface area contributed by atoms with Crippen LogP contribution in [0.15, 0.2) is 47.4 Å². The lowest BCUT2D eigenvalue weighted by molar-refractivity contribution is -0.115. The van der Waals surface area contributed by atoms with Crippen molar-refractivity contribution in [1.82, 2.24) is 0 Å². The Hall–Kier alpha value is -2.35. The minimum Gasteiger partial charge on any atom is -0.497 e. The Morgan fingerprint density at radius 3 is 2.48 bits per heavy atom. The van der Waals surface area contributed by atoms with E-state index in [2.05, 4.69) is 5.32 Å². The van der Waals surface area contributed by atoms with Crippen molar-refractivity contribution in [1.29, 1.82) is 0 Å². The molecule has 25 heavy (non-hydrogen) atoms. The molecule has 1 N–H and O–H groups in total. The number of amides is 1. The number of carbonyl (C=O) groups is 1. The number of nitrogens with one attached hydrogen (secondary N) is 1. The number of rotatable bonds is 6. The van der Waals surface area contributed by atoms with Crippen LogP contribution in [0.5, 0.6) is 11.5 Å². The second-order valence-electron chi connectivity index (χ2n) is 4.95. The molecule has 1 amide bonds. The molecule has 4 nitrogen and oxygen atoms in total. The molecule has 0 saturated carbocycles. The number of carbonyl (C=O) groups excluding carboxylic acids is 1. The SMILES string of the molecule is COc1ccc(OC)c(CC(=O)Nc2ccccc2SC(F)(F)F)c1. The van der Waals surface area contributed by atoms with Crippen LogP contribution >= 0.6 is 11.8 Å². The van der Waals surface area contributed by atoms with E-state index in [0.29, 0.717) is 17.1 Å². The molecule has 8 heteroatoms. The van der Waals surface area contributed by atoms with E-state index in [1.807, 2.05) is 0 Å². The summed E-state index contributed by atoms with van der Waals surface area (Å²) in [5.41, 5.74) is -3.76. The average Bonchev–Trinajstić information content (AvgIpc) is 2.55. The zero-order valence-electron chi connectivity index (χ0n) is 13.5. The molecule has 0 fully saturated rings. The molecule has 0 aliphatic heterocycles. The van der Waals surface area contributed by atoms with Gasteiger partial charge >= 0.3 is 5.51 Å². The molecule has 0 atom stereocenters. The molecule has 0 saturated heterocycles. The molecule has 2 aromatic rings. The number of thioether (sulfide) groups is 1. The van der Waals surface area contributed by atoms with Crippen molar-refractivity contribution in [2.24, 2.45) is 0 Å². The maximum atomic E-state index is 12.6. The van der Waals surface area contributed by atoms with Crippen LogP contribution in [0, 0.1) is 0 Å². The Morgan fingerprint density at radius 2 is 1.84 bits per heavy atom. The molecule has 0 radical (unpaired) electrons. The van der Waals surface area contributed by atoms with E-state index >= 15 is 0 Å². The van der Waals surface area contributed by atoms with Gasteiger partial charge in [0.25, 0.3) is 0 Å². The van der Waals surface area contributed by atoms with Crippen molar-refractivity contribution < 1.29 is 27.4 Å². The van der Waals surface area contributed by atoms with Crippen LogP contribution in [-0.2, 0) is 11.2 Å². The van der Waals surface area contributed by atoms with Gasteiger partial charge in [-0.25, -0.2) is 0 Å². The van der Waals surface area contributed by atoms with Gasteiger partial charge in [0.2, 0.25) is 5.91 Å². The highest BCUT2D eigenvalue weighted by atomic mass is 32.2. The quantitative estimate of drug-likeness (QED) is 0.760. The first kappa shape index (κ1) is 19.0. The number of hydrogen-bond donors (Lipinski definition) is 1. The Kier molecular flexibility index (Phi) is 6.19. The molecule has 134 valence electrons. The average molecular weight is 371 g/mol. The Morgan fingerprint density at radius 1 is 1.12 bits per heavy atom. The summed E-state index contributed by atoms with van der Waals surface area (Å²) in [7, 11) is 2.97. The second kappa shape index (κ2) is 8.15. The molecular formula is C17H16F3NO3S. The van der Waals surface area contributed by atoms with Gasteiger partial charge in [-0.15, -0.1) is 0 Å². The number of para-hydroxylation sites is 1. The normalized spacial score (nSPS) is 11.1. The van der Waals surface area contributed by atoms with E-state index in [-0.39, 0.29) is 28.8 Å². The number of benzene rings is 2. The predicted octanol–water partition coefficient (Wildman–Crippen LogP) is 4.50. The summed E-state index contributed by atoms with van der Waals surface area (Å²) >= 11 is -0.270. The lowest BCUT2D eigenvalue weighted by Gasteiger charge is -2.13. The molecule has 2 aromatic carbocycles. The maximum Gasteiger partial charge on any atom is 0.446 e. The molecule has 0 aromatic heterocycles. The van der Waals surface area contributed by atoms with Gasteiger partial charge in [-0.3, -0.25) is 4.79 Å². The third-order valence-corrected chi connectivity index (χ3v) is 4.03. The van der Waals surface area contributed by atoms with Crippen molar-refractivity contribution in [2.45, 2.75) is 16.8 Å². The zero-order chi connectivity index (χ0) is 18.4. The first-order chi connectivity index (χ1) is 11.8. The highest BCUT2D eigenvalue weighted by Gasteiger charge is 2.30. The fourth-order valence-corrected chi connectivity index (χ4v) is 2.80. The van der Waals surface area contributed by atoms with E-state index in [1.54, 1.807) is 24.3 Å². The molecule has 0 bridgehead atoms. The smallest absolute Gasteiger partial charge is 0.446 e. The summed E-state index contributed by atoms with van der Waals surface area (Å²) in [5, 5.41) is 2.51. The molecule has 0 spiro atoms. The third-order valence-electron chi connectivity index (χ3n) is 3.23. The lowest BCUT2D eigenvalue weighted by atomic mass is 10.1. The Bertz CT molecular complexity index is 750. The highest BCUT2D eigenvalue weighted by molar-refractivity contribution is 8.00. The third kappa shape index (κ3) is 5.60. The minimum absolute atomic E-state index is 0.0641. The summed E-state index contributed by atoms with van der Waals surface area (Å²) in [5.74, 6) is 0.590. The molecule has 0 unspecified atom stereocenters. The van der Waals surface area contributed by atoms with E-state index in [1.165, 1.54) is 32.4 Å². The monoisotopic (exact) mass is 371 g/mol. The summed E-state index contributed by atoms with van der Waals surface area (Å²) in [6.07, 6.45) is -0.0641. The second-order valence-corrected chi connectivity index (χ2v) is 6.05. The van der Waals surface area contributed by atoms with Gasteiger partial charge in [-0.1, -0.05) is 12.1 Å². The number of halogens is 3. The highest BCUT2D eigenvalue weighted by Crippen LogP contribution is 2.40. The first-order valence-corrected chi connectivity index (χ1v) is 7.99. The van der Waals surface area contributed by atoms with Crippen LogP contribution in [-0.4, -0.2) is 25.6 Å². The van der Waals surface area contributed by atoms with Gasteiger partial charge in [0.15, 0.2) is 0 Å². The maximum absolute atomic E-state index is 12.6. The molecular weight excluding hydrogens is 355 g/mol. The fraction of sp³-hybridized carbons (Fsp3) is 0.235. The number of ether oxygens (including phenoxy) is 2. The molecule has 0 aliphatic rings. The predicted molar refractivity (Wildman–Crippen MR) is 90.2 cm³/mol. The fourth-order valence-electron chi connectivity index (χ4n) is 2.17. The van der Waals surface area contributed by atoms with Crippen molar-refractivity contribution in [2.75, 3.05) is 19.5 Å². The van der Waals surface area contributed by atoms with Gasteiger partial charge in [-0.2, -0.15) is 13.2 Å². The summed E-state index contributed by atoms with van der Waals surface area (Å²) in [6, 6.07) is 10.8. The van der Waals surface area contributed by atoms with E-state index < -0.39 is 11.4 Å². The molecule has 0 heterocycles. The number of methoxy groups -OCH3 is 2. The van der Waals surface area contributed by atoms with Crippen molar-refractivity contribution in [3.8, 4) is 11.5 Å². The summed E-state index contributed by atoms with van der Waals surface area (Å²) in [4.78, 5) is 12.2. The van der Waals surface area contributed by atoms with Crippen molar-refractivity contribution >= 4 is 23.4 Å². The van der Waals surface area contributed by atoms with E-state index in [4.69, 9.17) is 9.47 Å². The number of alkyl halides is 3. The first-order valence-electron chi connectivity index (χ1n) is 7.18. The van der Waals surface area contributed by atoms with Crippen LogP contribution < -0.4 is 14.8 Å². The molecule has 2 rings (SSSR count). The van der Waals surface area contributed by atoms with Crippen molar-refractivity contribution in [3.05, 3.63) is 48.0 Å². The van der Waals surface area contributed by atoms with Crippen molar-refractivity contribution in [3.63, 3.8) is 0 Å². The molecule has 0 aliphatic carbocycles. The minimum atomic E-state index is -4.43. The van der Waals surface area contributed by atoms with Gasteiger partial charge in [0.05, 0.1) is 26.3 Å². The van der Waals surface area contributed by atoms with E-state index in [0.717, 1.165) is 0 Å². The van der Waals surface area contributed by atoms with Crippen LogP contribution in [0.2, 0.25) is 0 Å². The van der Waals surface area contributed by atoms with Gasteiger partial charge in [-0.05, 0) is 42.1 Å². The number of hydrogen-bond acceptors (Lipinski definition) is 4. The zero-order valence-corrected chi connectivity index (χ0v) is 14.3. The van der Waals surface area contributed by atoms with Crippen LogP contribution in [0.25, 0.3) is 0 Å². The summed E-state index contributed by atoms with van der Waals surface area (Å²) < 4.78 is 48.1. The van der Waals surface area contributed by atoms with Crippen LogP contribution in [0.3, 0.4) is 0 Å². The van der Waals surface area contributed by atoms with E-state index in [9.17, 15) is 18.0 Å². The van der Waals surface area contributed by atoms with Gasteiger partial charge < -0.3 is 14.8 Å². The van der Waals surface area contributed by atoms with Gasteiger partial charge in [0, 0.05) is 10.5 Å². The van der Waals surface area contributed by atoms with Crippen LogP contribution in [0.1, 0.15) is 5.56 Å². The van der Waals surface area contributed by atoms with Gasteiger partial charge in [0.1, 0.15) is 11.5 Å². The standard InChI is InChI=1S/C17H16F3NO3S/c1-23-12-7-8-14(24-2)11(9-12)10-16(22)21-13-5-3-4-6-15(13)25-17(18,19)20/h3-9H,10H2,1-2H3,(H,21,22). The topological polar surface area (TPSA) is 47.6 Å². The Labute approximate surface area is 147 Å². The largest absolute Gasteiger partial charge is 0.497 e. The number of anilines is 1. The summed E-state index contributed by atoms with van der Waals surface area (Å²) in [6.45, 7) is 0.